The Morgan fingerprint density at radius 1 is 1.12 bits per heavy atom. The molecule has 5 nitrogen and oxygen atoms in total. The second kappa shape index (κ2) is 6.06. The second-order valence-corrected chi connectivity index (χ2v) is 6.66. The zero-order valence-electron chi connectivity index (χ0n) is 14.5. The highest BCUT2D eigenvalue weighted by molar-refractivity contribution is 5.39. The first-order valence-corrected chi connectivity index (χ1v) is 8.48. The third kappa shape index (κ3) is 2.63. The molecule has 4 rings (SSSR count). The van der Waals surface area contributed by atoms with Crippen molar-refractivity contribution in [2.75, 3.05) is 14.2 Å². The van der Waals surface area contributed by atoms with Crippen LogP contribution in [-0.2, 0) is 13.0 Å². The number of hydrogen-bond donors (Lipinski definition) is 0. The summed E-state index contributed by atoms with van der Waals surface area (Å²) in [6.45, 7) is 2.87. The van der Waals surface area contributed by atoms with Crippen molar-refractivity contribution in [3.05, 3.63) is 47.0 Å². The van der Waals surface area contributed by atoms with Gasteiger partial charge in [0.2, 0.25) is 0 Å². The second-order valence-electron chi connectivity index (χ2n) is 6.66. The van der Waals surface area contributed by atoms with Crippen LogP contribution in [0.5, 0.6) is 11.5 Å². The first-order valence-electron chi connectivity index (χ1n) is 8.48. The molecule has 2 atom stereocenters. The van der Waals surface area contributed by atoms with E-state index in [0.717, 1.165) is 30.3 Å². The smallest absolute Gasteiger partial charge is 0.125 e. The predicted molar refractivity (Wildman–Crippen MR) is 91.3 cm³/mol. The molecule has 24 heavy (non-hydrogen) atoms. The van der Waals surface area contributed by atoms with Crippen LogP contribution in [0, 0.1) is 6.92 Å². The Hall–Kier alpha value is -2.14. The molecule has 0 radical (unpaired) electrons. The molecular formula is C19H23N3O2. The molecule has 0 unspecified atom stereocenters. The summed E-state index contributed by atoms with van der Waals surface area (Å²) in [5.41, 5.74) is 3.78. The molecule has 1 fully saturated rings. The Morgan fingerprint density at radius 2 is 1.88 bits per heavy atom. The molecule has 2 aliphatic heterocycles. The average molecular weight is 325 g/mol. The highest BCUT2D eigenvalue weighted by Crippen LogP contribution is 2.44. The highest BCUT2D eigenvalue weighted by Gasteiger charge is 2.40. The number of aryl methyl sites for hydroxylation is 1. The maximum Gasteiger partial charge on any atom is 0.125 e. The largest absolute Gasteiger partial charge is 0.497 e. The van der Waals surface area contributed by atoms with E-state index in [1.807, 2.05) is 19.2 Å². The normalized spacial score (nSPS) is 22.3. The molecule has 0 spiro atoms. The Morgan fingerprint density at radius 3 is 2.58 bits per heavy atom. The van der Waals surface area contributed by atoms with Crippen molar-refractivity contribution in [3.8, 4) is 11.5 Å². The van der Waals surface area contributed by atoms with Crippen molar-refractivity contribution >= 4 is 0 Å². The third-order valence-corrected chi connectivity index (χ3v) is 5.23. The zero-order chi connectivity index (χ0) is 16.7. The number of benzene rings is 1. The monoisotopic (exact) mass is 325 g/mol. The van der Waals surface area contributed by atoms with Gasteiger partial charge in [0.25, 0.3) is 0 Å². The Labute approximate surface area is 142 Å². The van der Waals surface area contributed by atoms with Crippen LogP contribution in [-0.4, -0.2) is 35.1 Å². The molecule has 2 aromatic rings. The van der Waals surface area contributed by atoms with Gasteiger partial charge in [-0.25, -0.2) is 9.97 Å². The van der Waals surface area contributed by atoms with E-state index in [1.54, 1.807) is 14.2 Å². The van der Waals surface area contributed by atoms with Gasteiger partial charge in [-0.3, -0.25) is 4.90 Å². The number of hydrogen-bond acceptors (Lipinski definition) is 5. The fourth-order valence-electron chi connectivity index (χ4n) is 4.09. The Kier molecular flexibility index (Phi) is 3.88. The van der Waals surface area contributed by atoms with E-state index in [4.69, 9.17) is 9.47 Å². The molecule has 0 amide bonds. The molecule has 2 bridgehead atoms. The van der Waals surface area contributed by atoms with Gasteiger partial charge in [-0.05, 0) is 37.5 Å². The van der Waals surface area contributed by atoms with Gasteiger partial charge in [0.05, 0.1) is 19.9 Å². The number of methoxy groups -OCH3 is 2. The fraction of sp³-hybridized carbons (Fsp3) is 0.474. The summed E-state index contributed by atoms with van der Waals surface area (Å²) in [6, 6.07) is 7.11. The maximum atomic E-state index is 5.41. The summed E-state index contributed by atoms with van der Waals surface area (Å²) < 4.78 is 10.8. The minimum absolute atomic E-state index is 0.427. The Balaban J connectivity index is 1.63. The summed E-state index contributed by atoms with van der Waals surface area (Å²) in [5, 5.41) is 0. The van der Waals surface area contributed by atoms with E-state index in [1.165, 1.54) is 29.7 Å². The van der Waals surface area contributed by atoms with Gasteiger partial charge in [0, 0.05) is 42.9 Å². The standard InChI is InChI=1S/C19H23N3O2/c1-12-20-10-17-18(21-12)8-14-4-5-19(17)22(14)11-13-6-15(23-2)9-16(7-13)24-3/h6-7,9-10,14,19H,4-5,8,11H2,1-3H3/t14-,19-/m1/s1. The summed E-state index contributed by atoms with van der Waals surface area (Å²) in [5.74, 6) is 2.56. The van der Waals surface area contributed by atoms with Gasteiger partial charge in [0.1, 0.15) is 17.3 Å². The van der Waals surface area contributed by atoms with E-state index < -0.39 is 0 Å². The van der Waals surface area contributed by atoms with Crippen molar-refractivity contribution < 1.29 is 9.47 Å². The summed E-state index contributed by atoms with van der Waals surface area (Å²) in [6.07, 6.45) is 5.46. The number of rotatable bonds is 4. The van der Waals surface area contributed by atoms with Crippen LogP contribution in [0.25, 0.3) is 0 Å². The third-order valence-electron chi connectivity index (χ3n) is 5.23. The maximum absolute atomic E-state index is 5.41. The molecule has 1 aromatic heterocycles. The van der Waals surface area contributed by atoms with Crippen LogP contribution in [0.1, 0.15) is 41.5 Å². The molecule has 1 aromatic carbocycles. The van der Waals surface area contributed by atoms with E-state index in [2.05, 4.69) is 27.0 Å². The van der Waals surface area contributed by atoms with Crippen molar-refractivity contribution in [3.63, 3.8) is 0 Å². The van der Waals surface area contributed by atoms with E-state index >= 15 is 0 Å². The summed E-state index contributed by atoms with van der Waals surface area (Å²) in [4.78, 5) is 11.7. The van der Waals surface area contributed by atoms with Gasteiger partial charge < -0.3 is 9.47 Å². The van der Waals surface area contributed by atoms with Crippen LogP contribution < -0.4 is 9.47 Å². The van der Waals surface area contributed by atoms with Crippen molar-refractivity contribution in [2.24, 2.45) is 0 Å². The lowest BCUT2D eigenvalue weighted by molar-refractivity contribution is 0.165. The van der Waals surface area contributed by atoms with Gasteiger partial charge >= 0.3 is 0 Å². The minimum Gasteiger partial charge on any atom is -0.497 e. The zero-order valence-corrected chi connectivity index (χ0v) is 14.5. The number of fused-ring (bicyclic) bond motifs is 4. The fourth-order valence-corrected chi connectivity index (χ4v) is 4.09. The van der Waals surface area contributed by atoms with Crippen LogP contribution in [0.4, 0.5) is 0 Å². The van der Waals surface area contributed by atoms with Crippen LogP contribution in [0.15, 0.2) is 24.4 Å². The van der Waals surface area contributed by atoms with Crippen molar-refractivity contribution in [1.29, 1.82) is 0 Å². The van der Waals surface area contributed by atoms with Crippen molar-refractivity contribution in [1.82, 2.24) is 14.9 Å². The summed E-state index contributed by atoms with van der Waals surface area (Å²) >= 11 is 0. The highest BCUT2D eigenvalue weighted by atomic mass is 16.5. The van der Waals surface area contributed by atoms with Gasteiger partial charge in [-0.2, -0.15) is 0 Å². The molecule has 2 aliphatic rings. The van der Waals surface area contributed by atoms with Crippen molar-refractivity contribution in [2.45, 2.75) is 44.8 Å². The Bertz CT molecular complexity index is 740. The molecule has 1 saturated heterocycles. The van der Waals surface area contributed by atoms with Gasteiger partial charge in [-0.1, -0.05) is 0 Å². The van der Waals surface area contributed by atoms with E-state index in [9.17, 15) is 0 Å². The predicted octanol–water partition coefficient (Wildman–Crippen LogP) is 3.06. The number of nitrogens with zero attached hydrogens (tertiary/aromatic N) is 3. The first kappa shape index (κ1) is 15.4. The quantitative estimate of drug-likeness (QED) is 0.864. The molecule has 0 aliphatic carbocycles. The molecule has 0 N–H and O–H groups in total. The SMILES string of the molecule is COc1cc(CN2[C@@H]3CC[C@@H]2c2cnc(C)nc2C3)cc(OC)c1. The van der Waals surface area contributed by atoms with E-state index in [-0.39, 0.29) is 0 Å². The molecule has 0 saturated carbocycles. The number of ether oxygens (including phenoxy) is 2. The van der Waals surface area contributed by atoms with Gasteiger partial charge in [0.15, 0.2) is 0 Å². The van der Waals surface area contributed by atoms with Crippen LogP contribution >= 0.6 is 0 Å². The average Bonchev–Trinajstić information content (AvgIpc) is 2.87. The molecule has 5 heteroatoms. The van der Waals surface area contributed by atoms with Crippen LogP contribution in [0.3, 0.4) is 0 Å². The number of aromatic nitrogens is 2. The summed E-state index contributed by atoms with van der Waals surface area (Å²) in [7, 11) is 3.39. The molecule has 126 valence electrons. The topological polar surface area (TPSA) is 47.5 Å². The first-order chi connectivity index (χ1) is 11.7. The lowest BCUT2D eigenvalue weighted by Crippen LogP contribution is -2.37. The minimum atomic E-state index is 0.427. The van der Waals surface area contributed by atoms with Crippen LogP contribution in [0.2, 0.25) is 0 Å². The van der Waals surface area contributed by atoms with E-state index in [0.29, 0.717) is 12.1 Å². The lowest BCUT2D eigenvalue weighted by atomic mass is 9.98. The lowest BCUT2D eigenvalue weighted by Gasteiger charge is -2.35. The molecular weight excluding hydrogens is 302 g/mol. The van der Waals surface area contributed by atoms with Gasteiger partial charge in [-0.15, -0.1) is 0 Å². The molecule has 3 heterocycles.